The third-order valence-corrected chi connectivity index (χ3v) is 12.0. The first kappa shape index (κ1) is 56.5. The molecule has 0 radical (unpaired) electrons. The zero-order valence-electron chi connectivity index (χ0n) is 38.6. The minimum atomic E-state index is -1.59. The van der Waals surface area contributed by atoms with Crippen molar-refractivity contribution >= 4 is 11.9 Å². The first-order chi connectivity index (χ1) is 29.3. The van der Waals surface area contributed by atoms with E-state index in [9.17, 15) is 30.0 Å². The second-order valence-electron chi connectivity index (χ2n) is 17.7. The molecule has 0 amide bonds. The number of allylic oxidation sites excluding steroid dienone is 1. The molecule has 10 heteroatoms. The summed E-state index contributed by atoms with van der Waals surface area (Å²) in [5.41, 5.74) is 0. The smallest absolute Gasteiger partial charge is 0.306 e. The van der Waals surface area contributed by atoms with Crippen LogP contribution in [0.5, 0.6) is 0 Å². The Kier molecular flexibility index (Phi) is 39.0. The quantitative estimate of drug-likeness (QED) is 0.0265. The third-order valence-electron chi connectivity index (χ3n) is 12.0. The van der Waals surface area contributed by atoms with Crippen molar-refractivity contribution in [2.24, 2.45) is 0 Å². The zero-order chi connectivity index (χ0) is 43.7. The Morgan fingerprint density at radius 3 is 1.32 bits per heavy atom. The van der Waals surface area contributed by atoms with Crippen LogP contribution in [0.4, 0.5) is 0 Å². The lowest BCUT2D eigenvalue weighted by atomic mass is 9.99. The highest BCUT2D eigenvalue weighted by atomic mass is 16.7. The van der Waals surface area contributed by atoms with Gasteiger partial charge < -0.3 is 39.4 Å². The maximum atomic E-state index is 12.8. The van der Waals surface area contributed by atoms with Gasteiger partial charge in [-0.2, -0.15) is 0 Å². The van der Waals surface area contributed by atoms with E-state index in [1.165, 1.54) is 167 Å². The maximum Gasteiger partial charge on any atom is 0.306 e. The van der Waals surface area contributed by atoms with Gasteiger partial charge in [0.25, 0.3) is 0 Å². The summed E-state index contributed by atoms with van der Waals surface area (Å²) in [7, 11) is 0. The molecular weight excluding hydrogens is 761 g/mol. The van der Waals surface area contributed by atoms with Gasteiger partial charge in [0.05, 0.1) is 13.2 Å². The van der Waals surface area contributed by atoms with Gasteiger partial charge in [-0.3, -0.25) is 9.59 Å². The number of aliphatic hydroxyl groups excluding tert-OH is 4. The summed E-state index contributed by atoms with van der Waals surface area (Å²) in [6.07, 6.45) is 36.8. The molecule has 0 aromatic carbocycles. The van der Waals surface area contributed by atoms with Gasteiger partial charge in [0.2, 0.25) is 0 Å². The number of ether oxygens (including phenoxy) is 4. The van der Waals surface area contributed by atoms with E-state index in [2.05, 4.69) is 13.5 Å². The lowest BCUT2D eigenvalue weighted by Gasteiger charge is -2.39. The highest BCUT2D eigenvalue weighted by molar-refractivity contribution is 5.70. The van der Waals surface area contributed by atoms with E-state index >= 15 is 0 Å². The molecule has 1 fully saturated rings. The molecule has 60 heavy (non-hydrogen) atoms. The molecule has 10 nitrogen and oxygen atoms in total. The highest BCUT2D eigenvalue weighted by Gasteiger charge is 2.44. The van der Waals surface area contributed by atoms with Crippen LogP contribution < -0.4 is 0 Å². The van der Waals surface area contributed by atoms with Gasteiger partial charge in [-0.1, -0.05) is 206 Å². The van der Waals surface area contributed by atoms with Gasteiger partial charge in [0.15, 0.2) is 12.4 Å². The van der Waals surface area contributed by atoms with E-state index < -0.39 is 49.4 Å². The Labute approximate surface area is 367 Å². The molecular formula is C50H94O10. The highest BCUT2D eigenvalue weighted by Crippen LogP contribution is 2.23. The fourth-order valence-electron chi connectivity index (χ4n) is 8.05. The van der Waals surface area contributed by atoms with Gasteiger partial charge in [-0.25, -0.2) is 0 Å². The number of carbonyl (C=O) groups excluding carboxylic acids is 2. The third kappa shape index (κ3) is 32.2. The number of aliphatic hydroxyl groups is 4. The van der Waals surface area contributed by atoms with Crippen LogP contribution in [0.1, 0.15) is 238 Å². The first-order valence-corrected chi connectivity index (χ1v) is 25.2. The van der Waals surface area contributed by atoms with E-state index in [1.54, 1.807) is 0 Å². The lowest BCUT2D eigenvalue weighted by Crippen LogP contribution is -2.59. The summed E-state index contributed by atoms with van der Waals surface area (Å²) in [5, 5.41) is 40.2. The zero-order valence-corrected chi connectivity index (χ0v) is 38.6. The Hall–Kier alpha value is -1.56. The average molecular weight is 855 g/mol. The van der Waals surface area contributed by atoms with Gasteiger partial charge in [-0.15, -0.1) is 6.58 Å². The second kappa shape index (κ2) is 41.5. The molecule has 6 atom stereocenters. The van der Waals surface area contributed by atoms with Crippen LogP contribution in [-0.2, 0) is 28.5 Å². The van der Waals surface area contributed by atoms with Gasteiger partial charge in [0, 0.05) is 12.8 Å². The molecule has 0 spiro atoms. The molecule has 0 saturated carbocycles. The summed E-state index contributed by atoms with van der Waals surface area (Å²) < 4.78 is 22.2. The number of esters is 2. The molecule has 1 saturated heterocycles. The van der Waals surface area contributed by atoms with Crippen LogP contribution in [0, 0.1) is 0 Å². The topological polar surface area (TPSA) is 152 Å². The molecule has 1 rings (SSSR count). The van der Waals surface area contributed by atoms with Crippen molar-refractivity contribution in [3.05, 3.63) is 12.7 Å². The molecule has 1 aliphatic rings. The summed E-state index contributed by atoms with van der Waals surface area (Å²) in [6.45, 7) is 4.99. The van der Waals surface area contributed by atoms with Gasteiger partial charge in [0.1, 0.15) is 31.0 Å². The van der Waals surface area contributed by atoms with Crippen molar-refractivity contribution in [3.63, 3.8) is 0 Å². The van der Waals surface area contributed by atoms with Crippen LogP contribution in [0.15, 0.2) is 12.7 Å². The SMILES string of the molecule is C=CCCCCCCCCCCCCCCCC(=O)OC[C@H](CO[C@@H]1O[C@H](CO)[C@H](O)C(O)C1O)OC(=O)CCCCCCCCCCCCCCCCCCCCCC. The van der Waals surface area contributed by atoms with Crippen LogP contribution in [0.25, 0.3) is 0 Å². The molecule has 2 unspecified atom stereocenters. The van der Waals surface area contributed by atoms with Crippen molar-refractivity contribution in [3.8, 4) is 0 Å². The largest absolute Gasteiger partial charge is 0.462 e. The fourth-order valence-corrected chi connectivity index (χ4v) is 8.05. The van der Waals surface area contributed by atoms with Crippen molar-refractivity contribution in [1.82, 2.24) is 0 Å². The Morgan fingerprint density at radius 2 is 0.917 bits per heavy atom. The van der Waals surface area contributed by atoms with Crippen molar-refractivity contribution < 1.29 is 49.0 Å². The molecule has 0 aromatic heterocycles. The number of hydrogen-bond donors (Lipinski definition) is 4. The Morgan fingerprint density at radius 1 is 0.533 bits per heavy atom. The number of carbonyl (C=O) groups is 2. The summed E-state index contributed by atoms with van der Waals surface area (Å²) in [4.78, 5) is 25.4. The van der Waals surface area contributed by atoms with E-state index in [1.807, 2.05) is 6.08 Å². The van der Waals surface area contributed by atoms with Crippen molar-refractivity contribution in [1.29, 1.82) is 0 Å². The molecule has 0 aromatic rings. The minimum absolute atomic E-state index is 0.212. The average Bonchev–Trinajstić information content (AvgIpc) is 3.25. The molecule has 1 aliphatic heterocycles. The van der Waals surface area contributed by atoms with E-state index in [4.69, 9.17) is 18.9 Å². The van der Waals surface area contributed by atoms with Crippen LogP contribution in [-0.4, -0.2) is 89.0 Å². The summed E-state index contributed by atoms with van der Waals surface area (Å²) in [5.74, 6) is -0.794. The molecule has 4 N–H and O–H groups in total. The van der Waals surface area contributed by atoms with E-state index in [0.717, 1.165) is 44.9 Å². The molecule has 354 valence electrons. The Balaban J connectivity index is 2.24. The standard InChI is InChI=1S/C50H94O10/c1-3-5-7-9-11-13-15-17-19-20-21-22-23-25-27-29-31-33-35-37-39-46(53)59-43(42-58-50-49(56)48(55)47(54)44(40-51)60-50)41-57-45(52)38-36-34-32-30-28-26-24-18-16-14-12-10-8-6-4-2/h4,43-44,47-51,54-56H,2-3,5-42H2,1H3/t43-,44-,47+,48?,49?,50-/m1/s1. The van der Waals surface area contributed by atoms with Crippen molar-refractivity contribution in [2.75, 3.05) is 19.8 Å². The van der Waals surface area contributed by atoms with E-state index in [0.29, 0.717) is 6.42 Å². The predicted octanol–water partition coefficient (Wildman–Crippen LogP) is 11.5. The van der Waals surface area contributed by atoms with Gasteiger partial charge >= 0.3 is 11.9 Å². The summed E-state index contributed by atoms with van der Waals surface area (Å²) in [6, 6.07) is 0. The van der Waals surface area contributed by atoms with E-state index in [-0.39, 0.29) is 32.0 Å². The van der Waals surface area contributed by atoms with Crippen LogP contribution in [0.3, 0.4) is 0 Å². The second-order valence-corrected chi connectivity index (χ2v) is 17.7. The fraction of sp³-hybridized carbons (Fsp3) is 0.920. The van der Waals surface area contributed by atoms with Gasteiger partial charge in [-0.05, 0) is 25.7 Å². The minimum Gasteiger partial charge on any atom is -0.462 e. The normalized spacial score (nSPS) is 19.6. The molecule has 1 heterocycles. The summed E-state index contributed by atoms with van der Waals surface area (Å²) >= 11 is 0. The Bertz CT molecular complexity index is 977. The number of rotatable bonds is 44. The molecule has 0 aliphatic carbocycles. The van der Waals surface area contributed by atoms with Crippen LogP contribution >= 0.6 is 0 Å². The van der Waals surface area contributed by atoms with Crippen molar-refractivity contribution in [2.45, 2.75) is 275 Å². The molecule has 0 bridgehead atoms. The maximum absolute atomic E-state index is 12.8. The number of hydrogen-bond acceptors (Lipinski definition) is 10. The monoisotopic (exact) mass is 855 g/mol. The first-order valence-electron chi connectivity index (χ1n) is 25.2. The van der Waals surface area contributed by atoms with Crippen LogP contribution in [0.2, 0.25) is 0 Å². The number of unbranched alkanes of at least 4 members (excludes halogenated alkanes) is 32. The lowest BCUT2D eigenvalue weighted by molar-refractivity contribution is -0.305. The predicted molar refractivity (Wildman–Crippen MR) is 243 cm³/mol.